The van der Waals surface area contributed by atoms with Crippen molar-refractivity contribution in [3.05, 3.63) is 100 Å². The molecule has 0 aliphatic heterocycles. The molecule has 0 aliphatic rings. The second-order valence-electron chi connectivity index (χ2n) is 7.69. The Kier molecular flexibility index (Phi) is 5.99. The highest BCUT2D eigenvalue weighted by molar-refractivity contribution is 5.94. The smallest absolute Gasteiger partial charge is 0.341 e. The van der Waals surface area contributed by atoms with Gasteiger partial charge in [0.2, 0.25) is 0 Å². The molecule has 4 rings (SSSR count). The van der Waals surface area contributed by atoms with Gasteiger partial charge in [-0.15, -0.1) is 0 Å². The lowest BCUT2D eigenvalue weighted by Gasteiger charge is -2.14. The summed E-state index contributed by atoms with van der Waals surface area (Å²) in [5.74, 6) is -0.993. The van der Waals surface area contributed by atoms with E-state index in [4.69, 9.17) is 9.47 Å². The number of rotatable bonds is 5. The maximum Gasteiger partial charge on any atom is 0.341 e. The van der Waals surface area contributed by atoms with E-state index in [2.05, 4.69) is 0 Å². The van der Waals surface area contributed by atoms with Crippen LogP contribution in [0.4, 0.5) is 0 Å². The number of hydrogen-bond acceptors (Lipinski definition) is 5. The van der Waals surface area contributed by atoms with Crippen LogP contribution >= 0.6 is 0 Å². The number of ether oxygens (including phenoxy) is 2. The van der Waals surface area contributed by atoms with E-state index in [1.54, 1.807) is 24.3 Å². The Labute approximate surface area is 185 Å². The summed E-state index contributed by atoms with van der Waals surface area (Å²) in [6.45, 7) is 3.37. The molecule has 0 fully saturated rings. The third-order valence-corrected chi connectivity index (χ3v) is 5.36. The first-order chi connectivity index (χ1) is 15.4. The molecule has 0 bridgehead atoms. The van der Waals surface area contributed by atoms with Crippen LogP contribution in [0.15, 0.2) is 83.7 Å². The predicted octanol–water partition coefficient (Wildman–Crippen LogP) is 5.24. The maximum absolute atomic E-state index is 12.9. The normalized spacial score (nSPS) is 11.8. The van der Waals surface area contributed by atoms with Crippen LogP contribution in [-0.2, 0) is 9.53 Å². The molecular formula is C27H22O5. The zero-order chi connectivity index (χ0) is 22.7. The van der Waals surface area contributed by atoms with E-state index in [1.807, 2.05) is 61.5 Å². The van der Waals surface area contributed by atoms with Crippen LogP contribution in [0.25, 0.3) is 21.5 Å². The van der Waals surface area contributed by atoms with E-state index < -0.39 is 11.9 Å². The Balaban J connectivity index is 1.56. The van der Waals surface area contributed by atoms with Gasteiger partial charge in [0.1, 0.15) is 11.3 Å². The molecule has 0 aliphatic carbocycles. The van der Waals surface area contributed by atoms with Gasteiger partial charge in [-0.1, -0.05) is 73.7 Å². The summed E-state index contributed by atoms with van der Waals surface area (Å²) >= 11 is 0. The molecule has 1 atom stereocenters. The lowest BCUT2D eigenvalue weighted by Crippen LogP contribution is -2.13. The van der Waals surface area contributed by atoms with E-state index in [0.29, 0.717) is 10.8 Å². The minimum Gasteiger partial charge on any atom is -0.461 e. The zero-order valence-corrected chi connectivity index (χ0v) is 17.8. The molecular weight excluding hydrogens is 404 g/mol. The van der Waals surface area contributed by atoms with Gasteiger partial charge in [0, 0.05) is 23.6 Å². The fourth-order valence-electron chi connectivity index (χ4n) is 3.66. The van der Waals surface area contributed by atoms with Crippen molar-refractivity contribution in [2.24, 2.45) is 0 Å². The number of esters is 2. The molecule has 4 aromatic rings. The van der Waals surface area contributed by atoms with Gasteiger partial charge in [-0.2, -0.15) is 0 Å². The van der Waals surface area contributed by atoms with Crippen molar-refractivity contribution in [2.45, 2.75) is 19.8 Å². The average Bonchev–Trinajstić information content (AvgIpc) is 2.94. The van der Waals surface area contributed by atoms with Gasteiger partial charge in [0.25, 0.3) is 0 Å². The van der Waals surface area contributed by atoms with Crippen LogP contribution in [0.5, 0.6) is 5.75 Å². The Bertz CT molecular complexity index is 1390. The first kappa shape index (κ1) is 21.2. The Morgan fingerprint density at radius 2 is 1.53 bits per heavy atom. The molecule has 4 aromatic carbocycles. The minimum atomic E-state index is -0.561. The number of hydrogen-bond donors (Lipinski definition) is 0. The van der Waals surface area contributed by atoms with Crippen LogP contribution in [0.3, 0.4) is 0 Å². The Morgan fingerprint density at radius 1 is 0.844 bits per heavy atom. The maximum atomic E-state index is 12.9. The van der Waals surface area contributed by atoms with Crippen LogP contribution in [0.1, 0.15) is 35.7 Å². The summed E-state index contributed by atoms with van der Waals surface area (Å²) < 4.78 is 10.6. The fraction of sp³-hybridized carbons (Fsp3) is 0.148. The van der Waals surface area contributed by atoms with Crippen molar-refractivity contribution in [3.8, 4) is 5.75 Å². The zero-order valence-electron chi connectivity index (χ0n) is 17.8. The molecule has 0 amide bonds. The topological polar surface area (TPSA) is 69.7 Å². The largest absolute Gasteiger partial charge is 0.461 e. The van der Waals surface area contributed by atoms with E-state index in [9.17, 15) is 14.4 Å². The molecule has 0 saturated heterocycles. The lowest BCUT2D eigenvalue weighted by molar-refractivity contribution is -0.131. The van der Waals surface area contributed by atoms with Crippen molar-refractivity contribution in [2.75, 3.05) is 6.61 Å². The molecule has 1 unspecified atom stereocenters. The van der Waals surface area contributed by atoms with Gasteiger partial charge in [0.05, 0.1) is 6.61 Å². The number of carbonyl (C=O) groups is 2. The number of fused-ring (bicyclic) bond motifs is 2. The average molecular weight is 426 g/mol. The number of para-hydroxylation sites is 1. The van der Waals surface area contributed by atoms with E-state index in [-0.39, 0.29) is 29.3 Å². The van der Waals surface area contributed by atoms with Crippen LogP contribution in [-0.4, -0.2) is 18.5 Å². The van der Waals surface area contributed by atoms with Crippen molar-refractivity contribution >= 4 is 33.5 Å². The van der Waals surface area contributed by atoms with Gasteiger partial charge < -0.3 is 9.47 Å². The van der Waals surface area contributed by atoms with Gasteiger partial charge in [-0.05, 0) is 28.5 Å². The molecule has 32 heavy (non-hydrogen) atoms. The van der Waals surface area contributed by atoms with Crippen LogP contribution in [0.2, 0.25) is 0 Å². The van der Waals surface area contributed by atoms with Crippen molar-refractivity contribution < 1.29 is 19.1 Å². The predicted molar refractivity (Wildman–Crippen MR) is 124 cm³/mol. The Hall–Kier alpha value is -3.99. The van der Waals surface area contributed by atoms with Crippen molar-refractivity contribution in [3.63, 3.8) is 0 Å². The van der Waals surface area contributed by atoms with Gasteiger partial charge in [-0.3, -0.25) is 9.59 Å². The van der Waals surface area contributed by atoms with E-state index in [0.717, 1.165) is 16.3 Å². The quantitative estimate of drug-likeness (QED) is 0.322. The molecule has 5 heteroatoms. The fourth-order valence-corrected chi connectivity index (χ4v) is 3.66. The summed E-state index contributed by atoms with van der Waals surface area (Å²) in [6.07, 6.45) is 0. The first-order valence-electron chi connectivity index (χ1n) is 10.3. The second kappa shape index (κ2) is 9.02. The van der Waals surface area contributed by atoms with E-state index >= 15 is 0 Å². The highest BCUT2D eigenvalue weighted by atomic mass is 16.5. The van der Waals surface area contributed by atoms with Crippen LogP contribution < -0.4 is 10.2 Å². The number of carbonyl (C=O) groups excluding carboxylic acids is 2. The minimum absolute atomic E-state index is 0.00620. The highest BCUT2D eigenvalue weighted by Crippen LogP contribution is 2.24. The van der Waals surface area contributed by atoms with Crippen molar-refractivity contribution in [1.29, 1.82) is 0 Å². The van der Waals surface area contributed by atoms with Gasteiger partial charge in [0.15, 0.2) is 5.43 Å². The molecule has 0 radical (unpaired) electrons. The number of benzene rings is 3. The molecule has 5 nitrogen and oxygen atoms in total. The first-order valence-corrected chi connectivity index (χ1v) is 10.3. The van der Waals surface area contributed by atoms with Crippen molar-refractivity contribution in [1.82, 2.24) is 0 Å². The van der Waals surface area contributed by atoms with Crippen LogP contribution in [0, 0.1) is 0 Å². The summed E-state index contributed by atoms with van der Waals surface area (Å²) in [6, 6.07) is 23.6. The summed E-state index contributed by atoms with van der Waals surface area (Å²) in [5.41, 5.74) is 1.14. The molecule has 0 spiro atoms. The highest BCUT2D eigenvalue weighted by Gasteiger charge is 2.17. The standard InChI is InChI=1S/C27H22O5/c1-17(16-31-27(30)24-9-5-6-10-25(24)32-18(2)28)20-13-14-23-21(15-20)12-11-19-7-3-4-8-22(19)26(23)29/h3-15,17H,16H2,1-2H3. The summed E-state index contributed by atoms with van der Waals surface area (Å²) in [4.78, 5) is 36.8. The summed E-state index contributed by atoms with van der Waals surface area (Å²) in [7, 11) is 0. The molecule has 160 valence electrons. The molecule has 0 saturated carbocycles. The second-order valence-corrected chi connectivity index (χ2v) is 7.69. The SMILES string of the molecule is CC(=O)Oc1ccccc1C(=O)OCC(C)c1ccc2c(=O)c3ccccc3ccc2c1. The van der Waals surface area contributed by atoms with Gasteiger partial charge in [-0.25, -0.2) is 4.79 Å². The monoisotopic (exact) mass is 426 g/mol. The molecule has 0 N–H and O–H groups in total. The third-order valence-electron chi connectivity index (χ3n) is 5.36. The van der Waals surface area contributed by atoms with Gasteiger partial charge >= 0.3 is 11.9 Å². The lowest BCUT2D eigenvalue weighted by atomic mass is 9.99. The van der Waals surface area contributed by atoms with E-state index in [1.165, 1.54) is 6.92 Å². The Morgan fingerprint density at radius 3 is 2.34 bits per heavy atom. The molecule has 0 heterocycles. The molecule has 0 aromatic heterocycles. The third kappa shape index (κ3) is 4.37. The summed E-state index contributed by atoms with van der Waals surface area (Å²) in [5, 5.41) is 3.06.